The van der Waals surface area contributed by atoms with Gasteiger partial charge in [-0.2, -0.15) is 0 Å². The minimum Gasteiger partial charge on any atom is -0.354 e. The van der Waals surface area contributed by atoms with Gasteiger partial charge in [0.15, 0.2) is 0 Å². The molecule has 2 amide bonds. The molecule has 1 aliphatic rings. The van der Waals surface area contributed by atoms with E-state index in [1.54, 1.807) is 11.9 Å². The Morgan fingerprint density at radius 2 is 2.50 bits per heavy atom. The van der Waals surface area contributed by atoms with Gasteiger partial charge in [0.05, 0.1) is 6.04 Å². The Bertz CT molecular complexity index is 158. The van der Waals surface area contributed by atoms with E-state index in [1.807, 2.05) is 0 Å². The van der Waals surface area contributed by atoms with Crippen LogP contribution in [0.15, 0.2) is 0 Å². The molecule has 1 atom stereocenters. The van der Waals surface area contributed by atoms with Crippen LogP contribution in [0.2, 0.25) is 0 Å². The average molecular weight is 142 g/mol. The van der Waals surface area contributed by atoms with E-state index in [2.05, 4.69) is 5.32 Å². The van der Waals surface area contributed by atoms with Crippen molar-refractivity contribution >= 4 is 12.3 Å². The van der Waals surface area contributed by atoms with E-state index in [1.165, 1.54) is 0 Å². The molecular formula is C6H10N2O2. The summed E-state index contributed by atoms with van der Waals surface area (Å²) in [6.07, 6.45) is 1.08. The van der Waals surface area contributed by atoms with Crippen molar-refractivity contribution in [3.8, 4) is 0 Å². The third-order valence-corrected chi connectivity index (χ3v) is 1.64. The second-order valence-electron chi connectivity index (χ2n) is 2.46. The minimum atomic E-state index is 0.0231. The van der Waals surface area contributed by atoms with E-state index in [0.717, 1.165) is 0 Å². The summed E-state index contributed by atoms with van der Waals surface area (Å²) in [6.45, 7) is 0.636. The van der Waals surface area contributed by atoms with Gasteiger partial charge in [-0.05, 0) is 0 Å². The number of rotatable bonds is 2. The first-order chi connectivity index (χ1) is 4.74. The lowest BCUT2D eigenvalue weighted by atomic mass is 10.3. The number of nitrogens with zero attached hydrogens (tertiary/aromatic N) is 1. The van der Waals surface area contributed by atoms with Gasteiger partial charge in [-0.1, -0.05) is 0 Å². The van der Waals surface area contributed by atoms with Gasteiger partial charge in [0, 0.05) is 20.0 Å². The first-order valence-electron chi connectivity index (χ1n) is 3.17. The lowest BCUT2D eigenvalue weighted by molar-refractivity contribution is -0.126. The molecule has 0 unspecified atom stereocenters. The predicted octanol–water partition coefficient (Wildman–Crippen LogP) is -1.04. The molecule has 0 spiro atoms. The molecule has 4 heteroatoms. The summed E-state index contributed by atoms with van der Waals surface area (Å²) in [6, 6.07) is 0.0231. The maximum atomic E-state index is 10.8. The second-order valence-corrected chi connectivity index (χ2v) is 2.46. The number of hydrogen-bond donors (Lipinski definition) is 1. The van der Waals surface area contributed by atoms with E-state index < -0.39 is 0 Å². The van der Waals surface area contributed by atoms with Crippen molar-refractivity contribution in [3.63, 3.8) is 0 Å². The molecule has 0 aliphatic carbocycles. The van der Waals surface area contributed by atoms with Gasteiger partial charge >= 0.3 is 0 Å². The minimum absolute atomic E-state index is 0.0231. The maximum Gasteiger partial charge on any atom is 0.224 e. The van der Waals surface area contributed by atoms with E-state index in [-0.39, 0.29) is 11.9 Å². The number of carbonyl (C=O) groups is 2. The Labute approximate surface area is 59.2 Å². The normalized spacial score (nSPS) is 25.1. The zero-order valence-electron chi connectivity index (χ0n) is 5.83. The number of likely N-dealkylation sites (N-methyl/N-ethyl adjacent to an activating group) is 1. The van der Waals surface area contributed by atoms with Crippen molar-refractivity contribution in [2.24, 2.45) is 0 Å². The van der Waals surface area contributed by atoms with Crippen LogP contribution in [0.4, 0.5) is 0 Å². The summed E-state index contributed by atoms with van der Waals surface area (Å²) in [5.74, 6) is 0.0966. The lowest BCUT2D eigenvalue weighted by Crippen LogP contribution is -2.30. The van der Waals surface area contributed by atoms with Crippen LogP contribution in [-0.4, -0.2) is 36.9 Å². The van der Waals surface area contributed by atoms with Crippen molar-refractivity contribution in [1.29, 1.82) is 0 Å². The van der Waals surface area contributed by atoms with Crippen LogP contribution in [0.25, 0.3) is 0 Å². The van der Waals surface area contributed by atoms with Gasteiger partial charge in [0.2, 0.25) is 12.3 Å². The number of carbonyl (C=O) groups excluding carboxylic acids is 2. The topological polar surface area (TPSA) is 49.4 Å². The van der Waals surface area contributed by atoms with Crippen LogP contribution >= 0.6 is 0 Å². The molecule has 4 nitrogen and oxygen atoms in total. The zero-order valence-corrected chi connectivity index (χ0v) is 5.83. The zero-order chi connectivity index (χ0) is 7.56. The molecule has 1 rings (SSSR count). The lowest BCUT2D eigenvalue weighted by Gasteiger charge is -2.07. The molecule has 56 valence electrons. The van der Waals surface area contributed by atoms with Crippen molar-refractivity contribution in [3.05, 3.63) is 0 Å². The van der Waals surface area contributed by atoms with Crippen molar-refractivity contribution in [2.75, 3.05) is 13.6 Å². The summed E-state index contributed by atoms with van der Waals surface area (Å²) in [7, 11) is 1.73. The standard InChI is InChI=1S/C6H10N2O2/c1-8-3-5(7-4-9)2-6(8)10/h4-5H,2-3H2,1H3,(H,7,9)/t5-/m0/s1. The van der Waals surface area contributed by atoms with Crippen molar-refractivity contribution < 1.29 is 9.59 Å². The fraction of sp³-hybridized carbons (Fsp3) is 0.667. The number of likely N-dealkylation sites (tertiary alicyclic amines) is 1. The molecule has 0 aromatic carbocycles. The molecule has 1 fully saturated rings. The molecule has 1 N–H and O–H groups in total. The summed E-state index contributed by atoms with van der Waals surface area (Å²) >= 11 is 0. The number of nitrogens with one attached hydrogen (secondary N) is 1. The van der Waals surface area contributed by atoms with Crippen LogP contribution in [-0.2, 0) is 9.59 Å². The molecule has 10 heavy (non-hydrogen) atoms. The second kappa shape index (κ2) is 2.68. The van der Waals surface area contributed by atoms with Gasteiger partial charge in [-0.15, -0.1) is 0 Å². The monoisotopic (exact) mass is 142 g/mol. The van der Waals surface area contributed by atoms with Crippen LogP contribution in [0, 0.1) is 0 Å². The highest BCUT2D eigenvalue weighted by atomic mass is 16.2. The van der Waals surface area contributed by atoms with E-state index in [9.17, 15) is 9.59 Å². The third-order valence-electron chi connectivity index (χ3n) is 1.64. The predicted molar refractivity (Wildman–Crippen MR) is 35.2 cm³/mol. The van der Waals surface area contributed by atoms with Gasteiger partial charge in [0.1, 0.15) is 0 Å². The van der Waals surface area contributed by atoms with Crippen LogP contribution in [0.1, 0.15) is 6.42 Å². The number of hydrogen-bond acceptors (Lipinski definition) is 2. The molecule has 0 aromatic rings. The third kappa shape index (κ3) is 1.26. The van der Waals surface area contributed by atoms with E-state index in [4.69, 9.17) is 0 Å². The van der Waals surface area contributed by atoms with E-state index in [0.29, 0.717) is 19.4 Å². The Morgan fingerprint density at radius 1 is 1.80 bits per heavy atom. The van der Waals surface area contributed by atoms with Crippen molar-refractivity contribution in [1.82, 2.24) is 10.2 Å². The smallest absolute Gasteiger partial charge is 0.224 e. The van der Waals surface area contributed by atoms with Gasteiger partial charge in [-0.25, -0.2) is 0 Å². The molecular weight excluding hydrogens is 132 g/mol. The quantitative estimate of drug-likeness (QED) is 0.501. The van der Waals surface area contributed by atoms with Crippen LogP contribution < -0.4 is 5.32 Å². The molecule has 1 heterocycles. The Balaban J connectivity index is 2.41. The maximum absolute atomic E-state index is 10.8. The average Bonchev–Trinajstić information content (AvgIpc) is 2.14. The summed E-state index contributed by atoms with van der Waals surface area (Å²) in [4.78, 5) is 22.4. The SMILES string of the molecule is CN1C[C@@H](NC=O)CC1=O. The molecule has 0 radical (unpaired) electrons. The number of amides is 2. The first kappa shape index (κ1) is 7.05. The van der Waals surface area contributed by atoms with Gasteiger partial charge in [0.25, 0.3) is 0 Å². The summed E-state index contributed by atoms with van der Waals surface area (Å²) < 4.78 is 0. The largest absolute Gasteiger partial charge is 0.354 e. The Morgan fingerprint density at radius 3 is 2.90 bits per heavy atom. The van der Waals surface area contributed by atoms with Crippen LogP contribution in [0.3, 0.4) is 0 Å². The highest BCUT2D eigenvalue weighted by molar-refractivity contribution is 5.79. The van der Waals surface area contributed by atoms with Gasteiger partial charge in [-0.3, -0.25) is 9.59 Å². The molecule has 1 saturated heterocycles. The summed E-state index contributed by atoms with van der Waals surface area (Å²) in [5.41, 5.74) is 0. The fourth-order valence-electron chi connectivity index (χ4n) is 1.07. The Kier molecular flexibility index (Phi) is 1.89. The Hall–Kier alpha value is -1.06. The molecule has 0 aromatic heterocycles. The highest BCUT2D eigenvalue weighted by Gasteiger charge is 2.25. The van der Waals surface area contributed by atoms with E-state index >= 15 is 0 Å². The van der Waals surface area contributed by atoms with Gasteiger partial charge < -0.3 is 10.2 Å². The highest BCUT2D eigenvalue weighted by Crippen LogP contribution is 2.06. The fourth-order valence-corrected chi connectivity index (χ4v) is 1.07. The van der Waals surface area contributed by atoms with Crippen molar-refractivity contribution in [2.45, 2.75) is 12.5 Å². The first-order valence-corrected chi connectivity index (χ1v) is 3.17. The molecule has 0 bridgehead atoms. The molecule has 1 aliphatic heterocycles. The summed E-state index contributed by atoms with van der Waals surface area (Å²) in [5, 5.41) is 2.56. The van der Waals surface area contributed by atoms with Crippen LogP contribution in [0.5, 0.6) is 0 Å². The molecule has 0 saturated carbocycles.